The number of hydrogen-bond donors (Lipinski definition) is 1. The standard InChI is InChI=1S/C21H24FN3O5S/c1-14-4-5-15(12-17(14)22)20(26)24-8-10-25(11-9-24)21(27)16-6-7-18(30-3)19(13-16)31(28,29)23-2/h4-7,12-13,23H,8-11H2,1-3H3. The maximum absolute atomic E-state index is 13.8. The minimum absolute atomic E-state index is 0.126. The zero-order valence-corrected chi connectivity index (χ0v) is 18.3. The first kappa shape index (κ1) is 22.7. The Morgan fingerprint density at radius 3 is 1.97 bits per heavy atom. The van der Waals surface area contributed by atoms with Crippen molar-refractivity contribution in [3.05, 3.63) is 58.9 Å². The molecule has 1 saturated heterocycles. The van der Waals surface area contributed by atoms with Crippen LogP contribution < -0.4 is 9.46 Å². The van der Waals surface area contributed by atoms with Crippen LogP contribution in [0.1, 0.15) is 26.3 Å². The quantitative estimate of drug-likeness (QED) is 0.749. The van der Waals surface area contributed by atoms with E-state index >= 15 is 0 Å². The van der Waals surface area contributed by atoms with Gasteiger partial charge in [-0.15, -0.1) is 0 Å². The summed E-state index contributed by atoms with van der Waals surface area (Å²) in [6.07, 6.45) is 0. The third-order valence-corrected chi connectivity index (χ3v) is 6.68. The molecule has 166 valence electrons. The first-order valence-electron chi connectivity index (χ1n) is 9.64. The van der Waals surface area contributed by atoms with Crippen LogP contribution in [0.4, 0.5) is 4.39 Å². The lowest BCUT2D eigenvalue weighted by atomic mass is 10.1. The Hall–Kier alpha value is -2.98. The number of carbonyl (C=O) groups excluding carboxylic acids is 2. The molecule has 0 aromatic heterocycles. The van der Waals surface area contributed by atoms with Crippen LogP contribution in [0, 0.1) is 12.7 Å². The molecule has 0 saturated carbocycles. The van der Waals surface area contributed by atoms with Crippen molar-refractivity contribution >= 4 is 21.8 Å². The van der Waals surface area contributed by atoms with Crippen LogP contribution in [0.15, 0.2) is 41.3 Å². The van der Waals surface area contributed by atoms with Crippen LogP contribution in [0.5, 0.6) is 5.75 Å². The van der Waals surface area contributed by atoms with Crippen molar-refractivity contribution in [2.75, 3.05) is 40.3 Å². The van der Waals surface area contributed by atoms with E-state index in [1.54, 1.807) is 28.9 Å². The Kier molecular flexibility index (Phi) is 6.61. The van der Waals surface area contributed by atoms with Gasteiger partial charge in [0.1, 0.15) is 16.5 Å². The highest BCUT2D eigenvalue weighted by Crippen LogP contribution is 2.25. The lowest BCUT2D eigenvalue weighted by molar-refractivity contribution is 0.0535. The smallest absolute Gasteiger partial charge is 0.254 e. The molecule has 0 spiro atoms. The number of carbonyl (C=O) groups is 2. The molecule has 10 heteroatoms. The largest absolute Gasteiger partial charge is 0.495 e. The molecule has 2 amide bonds. The highest BCUT2D eigenvalue weighted by Gasteiger charge is 2.27. The van der Waals surface area contributed by atoms with E-state index in [2.05, 4.69) is 4.72 Å². The topological polar surface area (TPSA) is 96.0 Å². The van der Waals surface area contributed by atoms with E-state index in [4.69, 9.17) is 4.74 Å². The molecule has 0 bridgehead atoms. The number of rotatable bonds is 5. The number of hydrogen-bond acceptors (Lipinski definition) is 5. The summed E-state index contributed by atoms with van der Waals surface area (Å²) in [5.41, 5.74) is 0.932. The van der Waals surface area contributed by atoms with Gasteiger partial charge in [-0.2, -0.15) is 0 Å². The van der Waals surface area contributed by atoms with Crippen LogP contribution in [0.3, 0.4) is 0 Å². The molecular weight excluding hydrogens is 425 g/mol. The molecule has 0 radical (unpaired) electrons. The van der Waals surface area contributed by atoms with Gasteiger partial charge in [-0.3, -0.25) is 9.59 Å². The fourth-order valence-electron chi connectivity index (χ4n) is 3.33. The number of nitrogens with one attached hydrogen (secondary N) is 1. The summed E-state index contributed by atoms with van der Waals surface area (Å²) in [5, 5.41) is 0. The highest BCUT2D eigenvalue weighted by atomic mass is 32.2. The number of amides is 2. The molecule has 2 aromatic carbocycles. The van der Waals surface area contributed by atoms with Crippen molar-refractivity contribution < 1.29 is 27.1 Å². The summed E-state index contributed by atoms with van der Waals surface area (Å²) < 4.78 is 45.6. The zero-order valence-electron chi connectivity index (χ0n) is 17.5. The van der Waals surface area contributed by atoms with E-state index in [0.717, 1.165) is 0 Å². The van der Waals surface area contributed by atoms with Gasteiger partial charge in [-0.05, 0) is 49.9 Å². The summed E-state index contributed by atoms with van der Waals surface area (Å²) in [6.45, 7) is 2.76. The SMILES string of the molecule is CNS(=O)(=O)c1cc(C(=O)N2CCN(C(=O)c3ccc(C)c(F)c3)CC2)ccc1OC. The maximum atomic E-state index is 13.8. The number of sulfonamides is 1. The number of methoxy groups -OCH3 is 1. The van der Waals surface area contributed by atoms with Gasteiger partial charge < -0.3 is 14.5 Å². The highest BCUT2D eigenvalue weighted by molar-refractivity contribution is 7.89. The summed E-state index contributed by atoms with van der Waals surface area (Å²) in [5.74, 6) is -0.945. The Morgan fingerprint density at radius 2 is 1.48 bits per heavy atom. The third-order valence-electron chi connectivity index (χ3n) is 5.24. The normalized spacial score (nSPS) is 14.5. The van der Waals surface area contributed by atoms with Crippen LogP contribution in [-0.2, 0) is 10.0 Å². The monoisotopic (exact) mass is 449 g/mol. The Balaban J connectivity index is 1.72. The molecule has 1 fully saturated rings. The van der Waals surface area contributed by atoms with E-state index in [9.17, 15) is 22.4 Å². The van der Waals surface area contributed by atoms with E-state index in [1.165, 1.54) is 38.4 Å². The maximum Gasteiger partial charge on any atom is 0.254 e. The van der Waals surface area contributed by atoms with Crippen molar-refractivity contribution in [3.8, 4) is 5.75 Å². The zero-order chi connectivity index (χ0) is 22.8. The molecule has 1 aliphatic heterocycles. The van der Waals surface area contributed by atoms with E-state index in [0.29, 0.717) is 5.56 Å². The minimum Gasteiger partial charge on any atom is -0.495 e. The second kappa shape index (κ2) is 9.03. The second-order valence-electron chi connectivity index (χ2n) is 7.12. The average molecular weight is 450 g/mol. The van der Waals surface area contributed by atoms with E-state index < -0.39 is 15.8 Å². The first-order chi connectivity index (χ1) is 14.7. The summed E-state index contributed by atoms with van der Waals surface area (Å²) in [6, 6.07) is 8.57. The number of aryl methyl sites for hydroxylation is 1. The molecule has 31 heavy (non-hydrogen) atoms. The van der Waals surface area contributed by atoms with Crippen molar-refractivity contribution in [3.63, 3.8) is 0 Å². The number of benzene rings is 2. The molecule has 1 N–H and O–H groups in total. The van der Waals surface area contributed by atoms with Crippen LogP contribution in [-0.4, -0.2) is 70.4 Å². The van der Waals surface area contributed by atoms with Gasteiger partial charge in [0.15, 0.2) is 0 Å². The minimum atomic E-state index is -3.81. The lowest BCUT2D eigenvalue weighted by Crippen LogP contribution is -2.50. The molecule has 0 aliphatic carbocycles. The van der Waals surface area contributed by atoms with Gasteiger partial charge in [0.25, 0.3) is 11.8 Å². The fraction of sp³-hybridized carbons (Fsp3) is 0.333. The van der Waals surface area contributed by atoms with Crippen molar-refractivity contribution in [2.24, 2.45) is 0 Å². The van der Waals surface area contributed by atoms with Gasteiger partial charge in [0, 0.05) is 37.3 Å². The first-order valence-corrected chi connectivity index (χ1v) is 11.1. The molecule has 1 aliphatic rings. The summed E-state index contributed by atoms with van der Waals surface area (Å²) in [7, 11) is -1.19. The van der Waals surface area contributed by atoms with Crippen LogP contribution in [0.25, 0.3) is 0 Å². The molecule has 3 rings (SSSR count). The Bertz CT molecular complexity index is 1110. The number of halogens is 1. The third kappa shape index (κ3) is 4.70. The van der Waals surface area contributed by atoms with E-state index in [1.807, 2.05) is 0 Å². The number of nitrogens with zero attached hydrogens (tertiary/aromatic N) is 2. The molecule has 2 aromatic rings. The van der Waals surface area contributed by atoms with E-state index in [-0.39, 0.29) is 59.8 Å². The van der Waals surface area contributed by atoms with Gasteiger partial charge in [-0.25, -0.2) is 17.5 Å². The van der Waals surface area contributed by atoms with Gasteiger partial charge in [-0.1, -0.05) is 6.07 Å². The van der Waals surface area contributed by atoms with Gasteiger partial charge in [0.2, 0.25) is 10.0 Å². The Labute approximate surface area is 180 Å². The summed E-state index contributed by atoms with van der Waals surface area (Å²) in [4.78, 5) is 28.5. The molecule has 0 unspecified atom stereocenters. The van der Waals surface area contributed by atoms with Crippen molar-refractivity contribution in [1.82, 2.24) is 14.5 Å². The Morgan fingerprint density at radius 1 is 0.968 bits per heavy atom. The van der Waals surface area contributed by atoms with Crippen molar-refractivity contribution in [1.29, 1.82) is 0 Å². The number of piperazine rings is 1. The average Bonchev–Trinajstić information content (AvgIpc) is 2.79. The van der Waals surface area contributed by atoms with Crippen LogP contribution in [0.2, 0.25) is 0 Å². The number of ether oxygens (including phenoxy) is 1. The predicted molar refractivity (Wildman–Crippen MR) is 112 cm³/mol. The molecular formula is C21H24FN3O5S. The fourth-order valence-corrected chi connectivity index (χ4v) is 4.25. The lowest BCUT2D eigenvalue weighted by Gasteiger charge is -2.35. The summed E-state index contributed by atoms with van der Waals surface area (Å²) >= 11 is 0. The molecule has 8 nitrogen and oxygen atoms in total. The van der Waals surface area contributed by atoms with Gasteiger partial charge >= 0.3 is 0 Å². The van der Waals surface area contributed by atoms with Crippen molar-refractivity contribution in [2.45, 2.75) is 11.8 Å². The second-order valence-corrected chi connectivity index (χ2v) is 8.98. The predicted octanol–water partition coefficient (Wildman–Crippen LogP) is 1.65. The van der Waals surface area contributed by atoms with Gasteiger partial charge in [0.05, 0.1) is 7.11 Å². The van der Waals surface area contributed by atoms with Crippen LogP contribution >= 0.6 is 0 Å². The molecule has 1 heterocycles. The molecule has 0 atom stereocenters.